The van der Waals surface area contributed by atoms with E-state index in [0.717, 1.165) is 12.1 Å². The Morgan fingerprint density at radius 3 is 2.23 bits per heavy atom. The Morgan fingerprint density at radius 2 is 1.68 bits per heavy atom. The molecule has 0 unspecified atom stereocenters. The lowest BCUT2D eigenvalue weighted by Gasteiger charge is -2.32. The number of nitrogens with one attached hydrogen (secondary N) is 1. The molecule has 9 heteroatoms. The van der Waals surface area contributed by atoms with Crippen molar-refractivity contribution < 1.29 is 26.7 Å². The zero-order valence-electron chi connectivity index (χ0n) is 17.7. The number of carbonyl (C=O) groups is 1. The number of hydrogen-bond acceptors (Lipinski definition) is 4. The number of amides is 1. The summed E-state index contributed by atoms with van der Waals surface area (Å²) in [4.78, 5) is 14.5. The van der Waals surface area contributed by atoms with Crippen molar-refractivity contribution in [3.63, 3.8) is 0 Å². The molecule has 0 aliphatic carbocycles. The maximum absolute atomic E-state index is 13.8. The van der Waals surface area contributed by atoms with Crippen LogP contribution >= 0.6 is 0 Å². The van der Waals surface area contributed by atoms with Gasteiger partial charge in [0.05, 0.1) is 4.90 Å². The molecule has 0 saturated carbocycles. The number of likely N-dealkylation sites (tertiary alicyclic amines) is 1. The first kappa shape index (κ1) is 23.1. The molecule has 1 N–H and O–H groups in total. The summed E-state index contributed by atoms with van der Waals surface area (Å²) in [5, 5.41) is 0. The van der Waals surface area contributed by atoms with E-state index in [-0.39, 0.29) is 22.7 Å². The van der Waals surface area contributed by atoms with Gasteiger partial charge in [-0.3, -0.25) is 4.79 Å². The predicted molar refractivity (Wildman–Crippen MR) is 112 cm³/mol. The van der Waals surface area contributed by atoms with Gasteiger partial charge in [0.2, 0.25) is 10.0 Å². The average molecular weight is 453 g/mol. The summed E-state index contributed by atoms with van der Waals surface area (Å²) in [6.45, 7) is 6.08. The maximum Gasteiger partial charge on any atom is 0.253 e. The first-order valence-electron chi connectivity index (χ1n) is 10.00. The fourth-order valence-corrected chi connectivity index (χ4v) is 4.77. The molecule has 1 aliphatic rings. The second kappa shape index (κ2) is 8.92. The van der Waals surface area contributed by atoms with Gasteiger partial charge >= 0.3 is 0 Å². The monoisotopic (exact) mass is 452 g/mol. The van der Waals surface area contributed by atoms with Crippen molar-refractivity contribution in [2.75, 3.05) is 13.1 Å². The Morgan fingerprint density at radius 1 is 1.06 bits per heavy atom. The van der Waals surface area contributed by atoms with Crippen LogP contribution in [0.25, 0.3) is 0 Å². The summed E-state index contributed by atoms with van der Waals surface area (Å²) >= 11 is 0. The highest BCUT2D eigenvalue weighted by Crippen LogP contribution is 2.24. The largest absolute Gasteiger partial charge is 0.487 e. The van der Waals surface area contributed by atoms with Crippen molar-refractivity contribution in [1.82, 2.24) is 9.62 Å². The van der Waals surface area contributed by atoms with Crippen LogP contribution in [0.4, 0.5) is 8.78 Å². The van der Waals surface area contributed by atoms with Gasteiger partial charge in [0.25, 0.3) is 5.91 Å². The molecular weight excluding hydrogens is 426 g/mol. The SMILES string of the molecule is CC(C)(C)NS(=O)(=O)c1ccc(C(=O)N2CCC(Oc3ccc(F)cc3F)CC2)cc1. The molecule has 2 aromatic rings. The van der Waals surface area contributed by atoms with Crippen LogP contribution < -0.4 is 9.46 Å². The van der Waals surface area contributed by atoms with Gasteiger partial charge in [0.1, 0.15) is 11.9 Å². The number of nitrogens with zero attached hydrogens (tertiary/aromatic N) is 1. The molecule has 31 heavy (non-hydrogen) atoms. The summed E-state index contributed by atoms with van der Waals surface area (Å²) in [6.07, 6.45) is 0.731. The highest BCUT2D eigenvalue weighted by Gasteiger charge is 2.26. The molecule has 1 fully saturated rings. The third-order valence-corrected chi connectivity index (χ3v) is 6.54. The zero-order chi connectivity index (χ0) is 22.8. The van der Waals surface area contributed by atoms with Gasteiger partial charge in [0, 0.05) is 43.1 Å². The van der Waals surface area contributed by atoms with Crippen molar-refractivity contribution in [1.29, 1.82) is 0 Å². The van der Waals surface area contributed by atoms with Crippen molar-refractivity contribution in [3.05, 3.63) is 59.7 Å². The Labute approximate surface area is 181 Å². The highest BCUT2D eigenvalue weighted by atomic mass is 32.2. The summed E-state index contributed by atoms with van der Waals surface area (Å²) in [7, 11) is -3.67. The normalized spacial score (nSPS) is 15.7. The molecule has 1 saturated heterocycles. The lowest BCUT2D eigenvalue weighted by Crippen LogP contribution is -2.42. The number of ether oxygens (including phenoxy) is 1. The van der Waals surface area contributed by atoms with Crippen LogP contribution in [-0.2, 0) is 10.0 Å². The molecule has 2 aromatic carbocycles. The van der Waals surface area contributed by atoms with E-state index in [0.29, 0.717) is 31.5 Å². The third kappa shape index (κ3) is 6.01. The van der Waals surface area contributed by atoms with E-state index in [1.54, 1.807) is 25.7 Å². The summed E-state index contributed by atoms with van der Waals surface area (Å²) in [5.41, 5.74) is -0.227. The number of sulfonamides is 1. The molecule has 3 rings (SSSR count). The van der Waals surface area contributed by atoms with Crippen LogP contribution in [0.1, 0.15) is 44.0 Å². The minimum atomic E-state index is -3.67. The van der Waals surface area contributed by atoms with Gasteiger partial charge in [-0.1, -0.05) is 0 Å². The molecule has 0 bridgehead atoms. The van der Waals surface area contributed by atoms with Crippen LogP contribution in [0.3, 0.4) is 0 Å². The van der Waals surface area contributed by atoms with Gasteiger partial charge in [-0.15, -0.1) is 0 Å². The molecule has 0 atom stereocenters. The average Bonchev–Trinajstić information content (AvgIpc) is 2.68. The van der Waals surface area contributed by atoms with E-state index < -0.39 is 27.2 Å². The number of carbonyl (C=O) groups excluding carboxylic acids is 1. The fourth-order valence-electron chi connectivity index (χ4n) is 3.35. The van der Waals surface area contributed by atoms with Crippen molar-refractivity contribution in [2.45, 2.75) is 50.2 Å². The maximum atomic E-state index is 13.8. The van der Waals surface area contributed by atoms with Gasteiger partial charge in [0.15, 0.2) is 11.6 Å². The number of benzene rings is 2. The van der Waals surface area contributed by atoms with E-state index in [2.05, 4.69) is 4.72 Å². The van der Waals surface area contributed by atoms with Gasteiger partial charge in [-0.25, -0.2) is 21.9 Å². The summed E-state index contributed by atoms with van der Waals surface area (Å²) in [5.74, 6) is -1.64. The van der Waals surface area contributed by atoms with E-state index in [4.69, 9.17) is 4.74 Å². The minimum absolute atomic E-state index is 0.00755. The number of rotatable bonds is 5. The Hall–Kier alpha value is -2.52. The number of piperidine rings is 1. The van der Waals surface area contributed by atoms with E-state index in [1.807, 2.05) is 0 Å². The Kier molecular flexibility index (Phi) is 6.66. The molecular formula is C22H26F2N2O4S. The standard InChI is InChI=1S/C22H26F2N2O4S/c1-22(2,3)25-31(28,29)18-7-4-15(5-8-18)21(27)26-12-10-17(11-13-26)30-20-9-6-16(23)14-19(20)24/h4-9,14,17,25H,10-13H2,1-3H3. The van der Waals surface area contributed by atoms with Crippen LogP contribution in [-0.4, -0.2) is 44.0 Å². The van der Waals surface area contributed by atoms with Crippen LogP contribution in [0, 0.1) is 11.6 Å². The van der Waals surface area contributed by atoms with E-state index in [1.165, 1.54) is 30.3 Å². The predicted octanol–water partition coefficient (Wildman–Crippen LogP) is 3.73. The van der Waals surface area contributed by atoms with Gasteiger partial charge in [-0.05, 0) is 57.2 Å². The van der Waals surface area contributed by atoms with Crippen molar-refractivity contribution in [2.24, 2.45) is 0 Å². The van der Waals surface area contributed by atoms with Crippen LogP contribution in [0.5, 0.6) is 5.75 Å². The Bertz CT molecular complexity index is 1040. The third-order valence-electron chi connectivity index (χ3n) is 4.77. The minimum Gasteiger partial charge on any atom is -0.487 e. The first-order valence-corrected chi connectivity index (χ1v) is 11.5. The molecule has 1 heterocycles. The number of hydrogen-bond donors (Lipinski definition) is 1. The second-order valence-corrected chi connectivity index (χ2v) is 10.2. The van der Waals surface area contributed by atoms with E-state index in [9.17, 15) is 22.0 Å². The topological polar surface area (TPSA) is 75.7 Å². The first-order chi connectivity index (χ1) is 14.4. The second-order valence-electron chi connectivity index (χ2n) is 8.56. The fraction of sp³-hybridized carbons (Fsp3) is 0.409. The molecule has 0 radical (unpaired) electrons. The van der Waals surface area contributed by atoms with Gasteiger partial charge < -0.3 is 9.64 Å². The van der Waals surface area contributed by atoms with Crippen molar-refractivity contribution in [3.8, 4) is 5.75 Å². The molecule has 0 aromatic heterocycles. The lowest BCUT2D eigenvalue weighted by atomic mass is 10.1. The summed E-state index contributed by atoms with van der Waals surface area (Å²) < 4.78 is 59.7. The summed E-state index contributed by atoms with van der Waals surface area (Å²) in [6, 6.07) is 8.98. The highest BCUT2D eigenvalue weighted by molar-refractivity contribution is 7.89. The Balaban J connectivity index is 1.59. The molecule has 168 valence electrons. The molecule has 1 aliphatic heterocycles. The molecule has 1 amide bonds. The van der Waals surface area contributed by atoms with Gasteiger partial charge in [-0.2, -0.15) is 0 Å². The van der Waals surface area contributed by atoms with Crippen LogP contribution in [0.2, 0.25) is 0 Å². The van der Waals surface area contributed by atoms with E-state index >= 15 is 0 Å². The lowest BCUT2D eigenvalue weighted by molar-refractivity contribution is 0.0588. The molecule has 0 spiro atoms. The number of halogens is 2. The molecule has 6 nitrogen and oxygen atoms in total. The van der Waals surface area contributed by atoms with Crippen LogP contribution in [0.15, 0.2) is 47.4 Å². The van der Waals surface area contributed by atoms with Crippen molar-refractivity contribution >= 4 is 15.9 Å². The zero-order valence-corrected chi connectivity index (χ0v) is 18.5. The quantitative estimate of drug-likeness (QED) is 0.750. The smallest absolute Gasteiger partial charge is 0.253 e.